The SMILES string of the molecule is CCCc1nc2ccccc2c2nc[nH]c12. The first-order chi connectivity index (χ1) is 7.90. The minimum atomic E-state index is 0.990. The van der Waals surface area contributed by atoms with E-state index >= 15 is 0 Å². The Labute approximate surface area is 93.5 Å². The zero-order valence-corrected chi connectivity index (χ0v) is 9.20. The lowest BCUT2D eigenvalue weighted by atomic mass is 10.1. The van der Waals surface area contributed by atoms with Crippen LogP contribution in [-0.2, 0) is 6.42 Å². The normalized spacial score (nSPS) is 11.3. The van der Waals surface area contributed by atoms with Crippen molar-refractivity contribution >= 4 is 21.9 Å². The minimum absolute atomic E-state index is 0.990. The van der Waals surface area contributed by atoms with Crippen LogP contribution in [0.25, 0.3) is 21.9 Å². The minimum Gasteiger partial charge on any atom is -0.343 e. The first kappa shape index (κ1) is 9.33. The van der Waals surface area contributed by atoms with Gasteiger partial charge in [0, 0.05) is 5.39 Å². The van der Waals surface area contributed by atoms with E-state index in [-0.39, 0.29) is 0 Å². The lowest BCUT2D eigenvalue weighted by molar-refractivity contribution is 0.896. The van der Waals surface area contributed by atoms with Crippen molar-refractivity contribution in [2.45, 2.75) is 19.8 Å². The summed E-state index contributed by atoms with van der Waals surface area (Å²) in [7, 11) is 0. The number of nitrogens with one attached hydrogen (secondary N) is 1. The molecule has 0 amide bonds. The van der Waals surface area contributed by atoms with Gasteiger partial charge in [-0.2, -0.15) is 0 Å². The molecule has 3 rings (SSSR count). The summed E-state index contributed by atoms with van der Waals surface area (Å²) >= 11 is 0. The molecule has 1 N–H and O–H groups in total. The highest BCUT2D eigenvalue weighted by Gasteiger charge is 2.08. The fraction of sp³-hybridized carbons (Fsp3) is 0.231. The largest absolute Gasteiger partial charge is 0.343 e. The van der Waals surface area contributed by atoms with Crippen LogP contribution < -0.4 is 0 Å². The number of benzene rings is 1. The Hall–Kier alpha value is -1.90. The number of aromatic nitrogens is 3. The second-order valence-corrected chi connectivity index (χ2v) is 3.95. The molecule has 0 bridgehead atoms. The van der Waals surface area contributed by atoms with Crippen molar-refractivity contribution in [1.82, 2.24) is 15.0 Å². The van der Waals surface area contributed by atoms with Gasteiger partial charge in [-0.05, 0) is 12.5 Å². The Morgan fingerprint density at radius 2 is 2.12 bits per heavy atom. The molecule has 16 heavy (non-hydrogen) atoms. The van der Waals surface area contributed by atoms with E-state index in [4.69, 9.17) is 4.98 Å². The van der Waals surface area contributed by atoms with E-state index in [0.717, 1.165) is 40.5 Å². The van der Waals surface area contributed by atoms with Crippen LogP contribution >= 0.6 is 0 Å². The first-order valence-corrected chi connectivity index (χ1v) is 5.61. The molecule has 2 heterocycles. The van der Waals surface area contributed by atoms with Crippen molar-refractivity contribution in [2.75, 3.05) is 0 Å². The number of H-pyrrole nitrogens is 1. The summed E-state index contributed by atoms with van der Waals surface area (Å²) in [5.41, 5.74) is 4.27. The second kappa shape index (κ2) is 3.59. The summed E-state index contributed by atoms with van der Waals surface area (Å²) in [5, 5.41) is 1.12. The predicted molar refractivity (Wildman–Crippen MR) is 65.4 cm³/mol. The van der Waals surface area contributed by atoms with Gasteiger partial charge in [0.1, 0.15) is 0 Å². The summed E-state index contributed by atoms with van der Waals surface area (Å²) in [6, 6.07) is 8.16. The third-order valence-electron chi connectivity index (χ3n) is 2.83. The molecule has 0 radical (unpaired) electrons. The number of hydrogen-bond acceptors (Lipinski definition) is 2. The van der Waals surface area contributed by atoms with Crippen LogP contribution in [0.1, 0.15) is 19.0 Å². The number of fused-ring (bicyclic) bond motifs is 3. The molecule has 0 spiro atoms. The van der Waals surface area contributed by atoms with E-state index in [0.29, 0.717) is 0 Å². The molecule has 1 aromatic carbocycles. The zero-order valence-electron chi connectivity index (χ0n) is 9.20. The van der Waals surface area contributed by atoms with Gasteiger partial charge in [0.2, 0.25) is 0 Å². The Morgan fingerprint density at radius 1 is 1.25 bits per heavy atom. The standard InChI is InChI=1S/C13H13N3/c1-2-5-11-13-12(14-8-15-13)9-6-3-4-7-10(9)16-11/h3-4,6-8H,2,5H2,1H3,(H,14,15). The number of pyridine rings is 1. The molecular formula is C13H13N3. The maximum absolute atomic E-state index is 4.69. The van der Waals surface area contributed by atoms with E-state index in [2.05, 4.69) is 23.0 Å². The topological polar surface area (TPSA) is 41.6 Å². The van der Waals surface area contributed by atoms with Crippen LogP contribution in [0.15, 0.2) is 30.6 Å². The van der Waals surface area contributed by atoms with Gasteiger partial charge in [-0.1, -0.05) is 31.5 Å². The van der Waals surface area contributed by atoms with E-state index in [1.165, 1.54) is 0 Å². The number of rotatable bonds is 2. The number of imidazole rings is 1. The van der Waals surface area contributed by atoms with Crippen LogP contribution in [0.4, 0.5) is 0 Å². The number of para-hydroxylation sites is 1. The molecule has 0 saturated carbocycles. The summed E-state index contributed by atoms with van der Waals surface area (Å²) in [4.78, 5) is 12.3. The van der Waals surface area contributed by atoms with Gasteiger partial charge in [-0.3, -0.25) is 4.98 Å². The average molecular weight is 211 g/mol. The van der Waals surface area contributed by atoms with Crippen LogP contribution in [0.3, 0.4) is 0 Å². The highest BCUT2D eigenvalue weighted by atomic mass is 14.9. The average Bonchev–Trinajstić information content (AvgIpc) is 2.79. The highest BCUT2D eigenvalue weighted by molar-refractivity contribution is 6.02. The summed E-state index contributed by atoms with van der Waals surface area (Å²) in [6.07, 6.45) is 3.83. The van der Waals surface area contributed by atoms with Gasteiger partial charge in [-0.25, -0.2) is 4.98 Å². The molecule has 0 aliphatic heterocycles. The van der Waals surface area contributed by atoms with Gasteiger partial charge in [0.15, 0.2) is 0 Å². The zero-order chi connectivity index (χ0) is 11.0. The molecule has 3 nitrogen and oxygen atoms in total. The van der Waals surface area contributed by atoms with Gasteiger partial charge >= 0.3 is 0 Å². The molecule has 0 saturated heterocycles. The fourth-order valence-electron chi connectivity index (χ4n) is 2.11. The molecule has 0 aliphatic rings. The van der Waals surface area contributed by atoms with Crippen molar-refractivity contribution in [3.8, 4) is 0 Å². The van der Waals surface area contributed by atoms with E-state index in [9.17, 15) is 0 Å². The predicted octanol–water partition coefficient (Wildman–Crippen LogP) is 3.06. The second-order valence-electron chi connectivity index (χ2n) is 3.95. The number of aromatic amines is 1. The molecule has 2 aromatic heterocycles. The molecule has 0 unspecified atom stereocenters. The van der Waals surface area contributed by atoms with Gasteiger partial charge in [0.25, 0.3) is 0 Å². The number of hydrogen-bond donors (Lipinski definition) is 1. The maximum atomic E-state index is 4.69. The number of nitrogens with zero attached hydrogens (tertiary/aromatic N) is 2. The van der Waals surface area contributed by atoms with E-state index < -0.39 is 0 Å². The molecule has 80 valence electrons. The van der Waals surface area contributed by atoms with Crippen molar-refractivity contribution in [3.05, 3.63) is 36.3 Å². The molecule has 3 heteroatoms. The Morgan fingerprint density at radius 3 is 3.00 bits per heavy atom. The van der Waals surface area contributed by atoms with Crippen molar-refractivity contribution < 1.29 is 0 Å². The summed E-state index contributed by atoms with van der Waals surface area (Å²) in [6.45, 7) is 2.17. The van der Waals surface area contributed by atoms with E-state index in [1.807, 2.05) is 18.2 Å². The maximum Gasteiger partial charge on any atom is 0.0995 e. The number of aryl methyl sites for hydroxylation is 1. The smallest absolute Gasteiger partial charge is 0.0995 e. The third kappa shape index (κ3) is 1.28. The molecule has 0 fully saturated rings. The summed E-state index contributed by atoms with van der Waals surface area (Å²) in [5.74, 6) is 0. The van der Waals surface area contributed by atoms with Gasteiger partial charge in [-0.15, -0.1) is 0 Å². The Bertz CT molecular complexity index is 640. The monoisotopic (exact) mass is 211 g/mol. The van der Waals surface area contributed by atoms with Crippen molar-refractivity contribution in [1.29, 1.82) is 0 Å². The lowest BCUT2D eigenvalue weighted by Crippen LogP contribution is -1.92. The fourth-order valence-corrected chi connectivity index (χ4v) is 2.11. The van der Waals surface area contributed by atoms with Gasteiger partial charge < -0.3 is 4.98 Å². The van der Waals surface area contributed by atoms with Crippen LogP contribution in [-0.4, -0.2) is 15.0 Å². The van der Waals surface area contributed by atoms with Crippen LogP contribution in [0.2, 0.25) is 0 Å². The lowest BCUT2D eigenvalue weighted by Gasteiger charge is -2.03. The molecule has 0 aliphatic carbocycles. The quantitative estimate of drug-likeness (QED) is 0.707. The summed E-state index contributed by atoms with van der Waals surface area (Å²) < 4.78 is 0. The Balaban J connectivity index is 2.43. The van der Waals surface area contributed by atoms with Crippen LogP contribution in [0.5, 0.6) is 0 Å². The third-order valence-corrected chi connectivity index (χ3v) is 2.83. The van der Waals surface area contributed by atoms with E-state index in [1.54, 1.807) is 6.33 Å². The highest BCUT2D eigenvalue weighted by Crippen LogP contribution is 2.23. The molecular weight excluding hydrogens is 198 g/mol. The molecule has 3 aromatic rings. The van der Waals surface area contributed by atoms with Crippen molar-refractivity contribution in [3.63, 3.8) is 0 Å². The van der Waals surface area contributed by atoms with Crippen LogP contribution in [0, 0.1) is 0 Å². The molecule has 0 atom stereocenters. The first-order valence-electron chi connectivity index (χ1n) is 5.61. The van der Waals surface area contributed by atoms with Crippen molar-refractivity contribution in [2.24, 2.45) is 0 Å². The van der Waals surface area contributed by atoms with Gasteiger partial charge in [0.05, 0.1) is 28.6 Å². The Kier molecular flexibility index (Phi) is 2.10.